The quantitative estimate of drug-likeness (QED) is 0.484. The number of thioether (sulfide) groups is 1. The Labute approximate surface area is 166 Å². The molecule has 1 aromatic heterocycles. The number of aromatic nitrogens is 1. The SMILES string of the molecule is O=C(CSc1ccc(C(F)(F)F)cn1)NCc1ccc(COCC(F)(F)F)cc1. The number of carbonyl (C=O) groups is 1. The van der Waals surface area contributed by atoms with E-state index in [1.54, 1.807) is 24.3 Å². The topological polar surface area (TPSA) is 51.2 Å². The van der Waals surface area contributed by atoms with E-state index in [1.807, 2.05) is 0 Å². The van der Waals surface area contributed by atoms with Crippen LogP contribution in [0.4, 0.5) is 26.3 Å². The maximum Gasteiger partial charge on any atom is 0.417 e. The zero-order valence-electron chi connectivity index (χ0n) is 14.8. The molecule has 0 fully saturated rings. The Morgan fingerprint density at radius 1 is 1.00 bits per heavy atom. The molecule has 0 unspecified atom stereocenters. The van der Waals surface area contributed by atoms with Gasteiger partial charge < -0.3 is 10.1 Å². The molecule has 1 heterocycles. The van der Waals surface area contributed by atoms with Crippen molar-refractivity contribution in [2.24, 2.45) is 0 Å². The highest BCUT2D eigenvalue weighted by Gasteiger charge is 2.30. The first-order chi connectivity index (χ1) is 13.5. The van der Waals surface area contributed by atoms with Gasteiger partial charge in [0.05, 0.1) is 22.9 Å². The van der Waals surface area contributed by atoms with E-state index < -0.39 is 24.5 Å². The van der Waals surface area contributed by atoms with Gasteiger partial charge in [-0.15, -0.1) is 0 Å². The van der Waals surface area contributed by atoms with Crippen molar-refractivity contribution in [2.75, 3.05) is 12.4 Å². The van der Waals surface area contributed by atoms with Gasteiger partial charge in [0, 0.05) is 12.7 Å². The van der Waals surface area contributed by atoms with Crippen LogP contribution in [-0.4, -0.2) is 29.4 Å². The van der Waals surface area contributed by atoms with Gasteiger partial charge in [0.15, 0.2) is 0 Å². The number of pyridine rings is 1. The molecule has 0 spiro atoms. The van der Waals surface area contributed by atoms with Crippen LogP contribution in [0.3, 0.4) is 0 Å². The highest BCUT2D eigenvalue weighted by atomic mass is 32.2. The molecule has 0 aliphatic carbocycles. The molecule has 2 aromatic rings. The minimum atomic E-state index is -4.46. The maximum absolute atomic E-state index is 12.5. The van der Waals surface area contributed by atoms with Crippen molar-refractivity contribution < 1.29 is 35.9 Å². The minimum absolute atomic E-state index is 0.0261. The minimum Gasteiger partial charge on any atom is -0.367 e. The third-order valence-electron chi connectivity index (χ3n) is 3.46. The Morgan fingerprint density at radius 2 is 1.66 bits per heavy atom. The average Bonchev–Trinajstić information content (AvgIpc) is 2.64. The van der Waals surface area contributed by atoms with E-state index >= 15 is 0 Å². The van der Waals surface area contributed by atoms with Crippen molar-refractivity contribution in [3.63, 3.8) is 0 Å². The van der Waals surface area contributed by atoms with Gasteiger partial charge in [-0.05, 0) is 23.3 Å². The average molecular weight is 438 g/mol. The number of nitrogens with one attached hydrogen (secondary N) is 1. The van der Waals surface area contributed by atoms with Gasteiger partial charge in [0.25, 0.3) is 0 Å². The summed E-state index contributed by atoms with van der Waals surface area (Å²) in [5.41, 5.74) is 0.433. The number of nitrogens with zero attached hydrogens (tertiary/aromatic N) is 1. The summed E-state index contributed by atoms with van der Waals surface area (Å²) in [5, 5.41) is 2.93. The standard InChI is InChI=1S/C18H16F6N2O2S/c19-17(20,21)11-28-9-13-3-1-12(2-4-13)7-25-15(27)10-29-16-6-5-14(8-26-16)18(22,23)24/h1-6,8H,7,9-11H2,(H,25,27). The number of hydrogen-bond acceptors (Lipinski definition) is 4. The summed E-state index contributed by atoms with van der Waals surface area (Å²) in [6.45, 7) is -1.30. The lowest BCUT2D eigenvalue weighted by Gasteiger charge is -2.09. The van der Waals surface area contributed by atoms with Crippen molar-refractivity contribution in [2.45, 2.75) is 30.5 Å². The van der Waals surface area contributed by atoms with Gasteiger partial charge in [-0.2, -0.15) is 26.3 Å². The van der Waals surface area contributed by atoms with Crippen molar-refractivity contribution in [3.8, 4) is 0 Å². The Kier molecular flexibility index (Phi) is 7.91. The number of rotatable bonds is 8. The van der Waals surface area contributed by atoms with Crippen molar-refractivity contribution in [1.82, 2.24) is 10.3 Å². The Hall–Kier alpha value is -2.27. The first kappa shape index (κ1) is 23.0. The van der Waals surface area contributed by atoms with E-state index in [2.05, 4.69) is 15.0 Å². The van der Waals surface area contributed by atoms with E-state index in [9.17, 15) is 31.1 Å². The third kappa shape index (κ3) is 8.73. The largest absolute Gasteiger partial charge is 0.417 e. The molecule has 0 aliphatic heterocycles. The predicted octanol–water partition coefficient (Wildman–Crippen LogP) is 4.59. The number of halogens is 6. The predicted molar refractivity (Wildman–Crippen MR) is 94.0 cm³/mol. The van der Waals surface area contributed by atoms with E-state index in [4.69, 9.17) is 0 Å². The molecular weight excluding hydrogens is 422 g/mol. The number of carbonyl (C=O) groups excluding carboxylic acids is 1. The van der Waals surface area contributed by atoms with E-state index in [-0.39, 0.29) is 29.8 Å². The number of alkyl halides is 6. The van der Waals surface area contributed by atoms with Crippen LogP contribution in [0, 0.1) is 0 Å². The number of amides is 1. The van der Waals surface area contributed by atoms with E-state index in [0.29, 0.717) is 11.8 Å². The van der Waals surface area contributed by atoms with Crippen molar-refractivity contribution in [1.29, 1.82) is 0 Å². The number of hydrogen-bond donors (Lipinski definition) is 1. The second kappa shape index (κ2) is 9.97. The molecule has 4 nitrogen and oxygen atoms in total. The van der Waals surface area contributed by atoms with Crippen molar-refractivity contribution in [3.05, 3.63) is 59.3 Å². The summed E-state index contributed by atoms with van der Waals surface area (Å²) < 4.78 is 78.0. The molecular formula is C18H16F6N2O2S. The molecule has 0 aliphatic rings. The van der Waals surface area contributed by atoms with Crippen LogP contribution in [0.2, 0.25) is 0 Å². The van der Waals surface area contributed by atoms with E-state index in [1.165, 1.54) is 6.07 Å². The second-order valence-corrected chi connectivity index (χ2v) is 6.87. The maximum atomic E-state index is 12.5. The summed E-state index contributed by atoms with van der Waals surface area (Å²) >= 11 is 0.998. The lowest BCUT2D eigenvalue weighted by Crippen LogP contribution is -2.24. The molecule has 0 atom stereocenters. The van der Waals surface area contributed by atoms with Crippen LogP contribution in [0.5, 0.6) is 0 Å². The normalized spacial score (nSPS) is 12.1. The van der Waals surface area contributed by atoms with E-state index in [0.717, 1.165) is 23.4 Å². The fraction of sp³-hybridized carbons (Fsp3) is 0.333. The van der Waals surface area contributed by atoms with Crippen LogP contribution in [-0.2, 0) is 28.9 Å². The van der Waals surface area contributed by atoms with Crippen LogP contribution < -0.4 is 5.32 Å². The van der Waals surface area contributed by atoms with Crippen LogP contribution in [0.25, 0.3) is 0 Å². The van der Waals surface area contributed by atoms with Crippen LogP contribution >= 0.6 is 11.8 Å². The molecule has 2 rings (SSSR count). The van der Waals surface area contributed by atoms with Gasteiger partial charge in [0.2, 0.25) is 5.91 Å². The zero-order valence-corrected chi connectivity index (χ0v) is 15.6. The highest BCUT2D eigenvalue weighted by molar-refractivity contribution is 7.99. The number of ether oxygens (including phenoxy) is 1. The smallest absolute Gasteiger partial charge is 0.367 e. The zero-order chi connectivity index (χ0) is 21.5. The number of benzene rings is 1. The van der Waals surface area contributed by atoms with Crippen LogP contribution in [0.15, 0.2) is 47.6 Å². The van der Waals surface area contributed by atoms with Gasteiger partial charge in [-0.25, -0.2) is 4.98 Å². The summed E-state index contributed by atoms with van der Waals surface area (Å²) in [6.07, 6.45) is -8.13. The molecule has 11 heteroatoms. The summed E-state index contributed by atoms with van der Waals surface area (Å²) in [7, 11) is 0. The molecule has 158 valence electrons. The lowest BCUT2D eigenvalue weighted by atomic mass is 10.1. The summed E-state index contributed by atoms with van der Waals surface area (Å²) in [6, 6.07) is 8.58. The monoisotopic (exact) mass is 438 g/mol. The highest BCUT2D eigenvalue weighted by Crippen LogP contribution is 2.29. The van der Waals surface area contributed by atoms with Gasteiger partial charge in [-0.1, -0.05) is 36.0 Å². The Morgan fingerprint density at radius 3 is 2.21 bits per heavy atom. The molecule has 0 radical (unpaired) electrons. The first-order valence-corrected chi connectivity index (χ1v) is 9.16. The molecule has 1 aromatic carbocycles. The fourth-order valence-corrected chi connectivity index (χ4v) is 2.74. The van der Waals surface area contributed by atoms with Gasteiger partial charge in [-0.3, -0.25) is 4.79 Å². The van der Waals surface area contributed by atoms with Crippen molar-refractivity contribution >= 4 is 17.7 Å². The third-order valence-corrected chi connectivity index (χ3v) is 4.41. The van der Waals surface area contributed by atoms with Gasteiger partial charge in [0.1, 0.15) is 6.61 Å². The summed E-state index contributed by atoms with van der Waals surface area (Å²) in [4.78, 5) is 15.5. The Bertz CT molecular complexity index is 792. The molecule has 1 amide bonds. The Balaban J connectivity index is 1.72. The van der Waals surface area contributed by atoms with Crippen LogP contribution in [0.1, 0.15) is 16.7 Å². The molecule has 1 N–H and O–H groups in total. The molecule has 29 heavy (non-hydrogen) atoms. The summed E-state index contributed by atoms with van der Waals surface area (Å²) in [5.74, 6) is -0.365. The molecule has 0 saturated carbocycles. The lowest BCUT2D eigenvalue weighted by molar-refractivity contribution is -0.176. The fourth-order valence-electron chi connectivity index (χ4n) is 2.06. The van der Waals surface area contributed by atoms with Gasteiger partial charge >= 0.3 is 12.4 Å². The first-order valence-electron chi connectivity index (χ1n) is 8.18. The molecule has 0 saturated heterocycles. The second-order valence-electron chi connectivity index (χ2n) is 5.87. The molecule has 0 bridgehead atoms.